The summed E-state index contributed by atoms with van der Waals surface area (Å²) in [6.07, 6.45) is 29.4. The van der Waals surface area contributed by atoms with Gasteiger partial charge >= 0.3 is 0 Å². The number of nitrogens with one attached hydrogen (secondary N) is 2. The molecular weight excluding hydrogens is 897 g/mol. The first-order chi connectivity index (χ1) is 32.9. The Bertz CT molecular complexity index is 1110. The van der Waals surface area contributed by atoms with Crippen LogP contribution in [0.25, 0.3) is 0 Å². The van der Waals surface area contributed by atoms with E-state index >= 15 is 0 Å². The number of nitrogens with zero attached hydrogens (tertiary/aromatic N) is 2. The minimum absolute atomic E-state index is 0.0739. The molecule has 1 saturated heterocycles. The number of hydrogen-bond acceptors (Lipinski definition) is 12. The molecule has 14 heteroatoms. The number of carbonyl (C=O) groups is 4. The predicted molar refractivity (Wildman–Crippen MR) is 286 cm³/mol. The zero-order valence-corrected chi connectivity index (χ0v) is 45.5. The number of aliphatic hydroxyl groups is 4. The first-order valence-corrected chi connectivity index (χ1v) is 30.0. The van der Waals surface area contributed by atoms with Gasteiger partial charge < -0.3 is 31.1 Å². The van der Waals surface area contributed by atoms with Crippen molar-refractivity contribution in [3.8, 4) is 0 Å². The van der Waals surface area contributed by atoms with E-state index in [4.69, 9.17) is 0 Å². The van der Waals surface area contributed by atoms with Gasteiger partial charge in [0.05, 0.1) is 24.4 Å². The number of unbranched alkanes of at least 4 members (excludes halogenated alkanes) is 20. The van der Waals surface area contributed by atoms with Crippen molar-refractivity contribution in [2.75, 3.05) is 50.8 Å². The molecule has 0 saturated carbocycles. The molecule has 6 N–H and O–H groups in total. The first kappa shape index (κ1) is 64.8. The van der Waals surface area contributed by atoms with Crippen LogP contribution in [0.4, 0.5) is 0 Å². The lowest BCUT2D eigenvalue weighted by Crippen LogP contribution is -2.61. The van der Waals surface area contributed by atoms with Crippen LogP contribution in [0, 0.1) is 0 Å². The van der Waals surface area contributed by atoms with Crippen molar-refractivity contribution in [1.29, 1.82) is 0 Å². The Morgan fingerprint density at radius 3 is 0.956 bits per heavy atom. The molecule has 1 fully saturated rings. The maximum Gasteiger partial charge on any atom is 0.243 e. The zero-order valence-electron chi connectivity index (χ0n) is 43.9. The second-order valence-electron chi connectivity index (χ2n) is 20.0. The molecule has 6 unspecified atom stereocenters. The van der Waals surface area contributed by atoms with Gasteiger partial charge in [0.2, 0.25) is 11.8 Å². The average Bonchev–Trinajstić information content (AvgIpc) is 3.30. The lowest BCUT2D eigenvalue weighted by Gasteiger charge is -2.29. The molecule has 6 atom stereocenters. The molecule has 1 aliphatic heterocycles. The highest BCUT2D eigenvalue weighted by molar-refractivity contribution is 8.13. The molecule has 400 valence electrons. The van der Waals surface area contributed by atoms with E-state index in [9.17, 15) is 39.6 Å². The quantitative estimate of drug-likeness (QED) is 0.0318. The number of thioether (sulfide) groups is 2. The highest BCUT2D eigenvalue weighted by Gasteiger charge is 2.34. The van der Waals surface area contributed by atoms with Crippen molar-refractivity contribution in [2.45, 2.75) is 270 Å². The Kier molecular flexibility index (Phi) is 42.3. The van der Waals surface area contributed by atoms with Gasteiger partial charge in [0.1, 0.15) is 12.1 Å². The van der Waals surface area contributed by atoms with Gasteiger partial charge in [-0.25, -0.2) is 0 Å². The Labute approximate surface area is 424 Å². The van der Waals surface area contributed by atoms with E-state index in [1.807, 2.05) is 0 Å². The summed E-state index contributed by atoms with van der Waals surface area (Å²) in [5.41, 5.74) is 0. The Balaban J connectivity index is 2.55. The second-order valence-corrected chi connectivity index (χ2v) is 22.3. The lowest BCUT2D eigenvalue weighted by atomic mass is 10.0. The topological polar surface area (TPSA) is 180 Å². The van der Waals surface area contributed by atoms with Crippen LogP contribution < -0.4 is 10.6 Å². The number of aliphatic hydroxyl groups excluding tert-OH is 4. The van der Waals surface area contributed by atoms with Crippen LogP contribution in [0.3, 0.4) is 0 Å². The molecule has 0 aromatic carbocycles. The summed E-state index contributed by atoms with van der Waals surface area (Å²) in [4.78, 5) is 56.2. The van der Waals surface area contributed by atoms with Gasteiger partial charge in [0, 0.05) is 63.6 Å². The van der Waals surface area contributed by atoms with Gasteiger partial charge in [0.15, 0.2) is 10.2 Å². The van der Waals surface area contributed by atoms with Crippen molar-refractivity contribution in [1.82, 2.24) is 20.4 Å². The largest absolute Gasteiger partial charge is 0.392 e. The van der Waals surface area contributed by atoms with E-state index in [2.05, 4.69) is 48.1 Å². The number of piperazine rings is 1. The zero-order chi connectivity index (χ0) is 50.0. The SMILES string of the molecule is CCCCCCCCC(O)CN(CCSC(=O)CCC1NC(=O)C(CCC(=O)SCCN(CC(O)CCCCCCCC)CC(O)CCCCCCCC)NC1=O)CC(O)CCCCCCCC. The minimum Gasteiger partial charge on any atom is -0.392 e. The number of carbonyl (C=O) groups excluding carboxylic acids is 4. The molecule has 68 heavy (non-hydrogen) atoms. The minimum atomic E-state index is -0.821. The molecule has 0 aromatic heterocycles. The predicted octanol–water partition coefficient (Wildman–Crippen LogP) is 10.1. The molecule has 1 heterocycles. The van der Waals surface area contributed by atoms with Gasteiger partial charge in [-0.2, -0.15) is 0 Å². The van der Waals surface area contributed by atoms with Crippen LogP contribution in [-0.4, -0.2) is 140 Å². The van der Waals surface area contributed by atoms with E-state index in [-0.39, 0.29) is 47.7 Å². The van der Waals surface area contributed by atoms with Crippen molar-refractivity contribution >= 4 is 45.6 Å². The Morgan fingerprint density at radius 2 is 0.691 bits per heavy atom. The maximum atomic E-state index is 13.0. The average molecular weight is 1000 g/mol. The van der Waals surface area contributed by atoms with Crippen molar-refractivity contribution in [2.24, 2.45) is 0 Å². The van der Waals surface area contributed by atoms with Gasteiger partial charge in [0.25, 0.3) is 0 Å². The van der Waals surface area contributed by atoms with Crippen molar-refractivity contribution < 1.29 is 39.6 Å². The maximum absolute atomic E-state index is 13.0. The standard InChI is InChI=1S/C54H104N4O8S2/c1-5-9-13-17-21-25-29-45(59)41-57(42-46(60)30-26-22-18-14-10-6-2)37-39-67-51(63)35-33-49-53(65)56-50(54(66)55-49)34-36-52(64)68-40-38-58(43-47(61)31-27-23-19-15-11-7-3)44-48(62)32-28-24-20-16-12-8-4/h45-50,59-62H,5-44H2,1-4H3,(H,55,66)(H,56,65). The van der Waals surface area contributed by atoms with Gasteiger partial charge in [-0.15, -0.1) is 0 Å². The van der Waals surface area contributed by atoms with E-state index in [1.54, 1.807) is 0 Å². The third kappa shape index (κ3) is 36.6. The highest BCUT2D eigenvalue weighted by atomic mass is 32.2. The molecule has 0 spiro atoms. The molecule has 0 bridgehead atoms. The lowest BCUT2D eigenvalue weighted by molar-refractivity contribution is -0.137. The van der Waals surface area contributed by atoms with Crippen LogP contribution in [0.5, 0.6) is 0 Å². The van der Waals surface area contributed by atoms with Gasteiger partial charge in [-0.1, -0.05) is 205 Å². The fraction of sp³-hybridized carbons (Fsp3) is 0.926. The van der Waals surface area contributed by atoms with Crippen LogP contribution in [0.15, 0.2) is 0 Å². The van der Waals surface area contributed by atoms with Crippen LogP contribution in [0.1, 0.15) is 233 Å². The Morgan fingerprint density at radius 1 is 0.441 bits per heavy atom. The van der Waals surface area contributed by atoms with E-state index in [1.165, 1.54) is 126 Å². The summed E-state index contributed by atoms with van der Waals surface area (Å²) in [7, 11) is 0. The molecular formula is C54H104N4O8S2. The molecule has 0 radical (unpaired) electrons. The van der Waals surface area contributed by atoms with Crippen LogP contribution in [-0.2, 0) is 19.2 Å². The summed E-state index contributed by atoms with van der Waals surface area (Å²) in [6, 6.07) is -1.64. The van der Waals surface area contributed by atoms with Crippen molar-refractivity contribution in [3.63, 3.8) is 0 Å². The van der Waals surface area contributed by atoms with Gasteiger partial charge in [-0.05, 0) is 38.5 Å². The summed E-state index contributed by atoms with van der Waals surface area (Å²) in [6.45, 7) is 11.8. The molecule has 1 aliphatic rings. The van der Waals surface area contributed by atoms with E-state index < -0.39 is 36.5 Å². The third-order valence-corrected chi connectivity index (χ3v) is 15.1. The fourth-order valence-corrected chi connectivity index (χ4v) is 10.7. The van der Waals surface area contributed by atoms with Crippen LogP contribution in [0.2, 0.25) is 0 Å². The van der Waals surface area contributed by atoms with Crippen LogP contribution >= 0.6 is 23.5 Å². The molecule has 0 aromatic rings. The number of amides is 2. The Hall–Kier alpha value is -1.26. The summed E-state index contributed by atoms with van der Waals surface area (Å²) in [5.74, 6) is 0.299. The summed E-state index contributed by atoms with van der Waals surface area (Å²) in [5, 5.41) is 48.9. The van der Waals surface area contributed by atoms with Crippen molar-refractivity contribution in [3.05, 3.63) is 0 Å². The molecule has 2 amide bonds. The number of hydrogen-bond donors (Lipinski definition) is 6. The smallest absolute Gasteiger partial charge is 0.243 e. The van der Waals surface area contributed by atoms with Gasteiger partial charge in [-0.3, -0.25) is 29.0 Å². The summed E-state index contributed by atoms with van der Waals surface area (Å²) < 4.78 is 0. The molecule has 12 nitrogen and oxygen atoms in total. The second kappa shape index (κ2) is 44.4. The highest BCUT2D eigenvalue weighted by Crippen LogP contribution is 2.19. The van der Waals surface area contributed by atoms with E-state index in [0.717, 1.165) is 77.0 Å². The monoisotopic (exact) mass is 1000 g/mol. The number of rotatable bonds is 48. The fourth-order valence-electron chi connectivity index (χ4n) is 9.04. The summed E-state index contributed by atoms with van der Waals surface area (Å²) >= 11 is 2.38. The normalized spacial score (nSPS) is 17.1. The molecule has 1 rings (SSSR count). The molecule has 0 aliphatic carbocycles. The third-order valence-electron chi connectivity index (χ3n) is 13.3. The first-order valence-electron chi connectivity index (χ1n) is 28.0. The van der Waals surface area contributed by atoms with E-state index in [0.29, 0.717) is 50.8 Å².